The number of esters is 1. The summed E-state index contributed by atoms with van der Waals surface area (Å²) in [6, 6.07) is 13.2. The summed E-state index contributed by atoms with van der Waals surface area (Å²) in [7, 11) is 0. The molecule has 0 saturated heterocycles. The maximum Gasteiger partial charge on any atom is 0.343 e. The number of amides is 1. The van der Waals surface area contributed by atoms with E-state index in [0.29, 0.717) is 22.9 Å². The van der Waals surface area contributed by atoms with Crippen molar-refractivity contribution in [3.8, 4) is 17.2 Å². The summed E-state index contributed by atoms with van der Waals surface area (Å²) in [5, 5.41) is 10.0. The molecule has 1 heterocycles. The van der Waals surface area contributed by atoms with Crippen LogP contribution in [0.1, 0.15) is 17.3 Å². The lowest BCUT2D eigenvalue weighted by atomic mass is 10.2. The Kier molecular flexibility index (Phi) is 4.33. The molecule has 1 amide bonds. The van der Waals surface area contributed by atoms with Crippen LogP contribution < -0.4 is 10.1 Å². The molecule has 1 N–H and O–H groups in total. The van der Waals surface area contributed by atoms with Gasteiger partial charge in [-0.15, -0.1) is 10.2 Å². The first-order chi connectivity index (χ1) is 11.6. The number of carbonyl (C=O) groups excluding carboxylic acids is 2. The maximum absolute atomic E-state index is 12.1. The van der Waals surface area contributed by atoms with Gasteiger partial charge in [-0.25, -0.2) is 4.79 Å². The average molecular weight is 323 g/mol. The fourth-order valence-electron chi connectivity index (χ4n) is 2.02. The van der Waals surface area contributed by atoms with Crippen molar-refractivity contribution in [3.05, 3.63) is 60.5 Å². The Morgan fingerprint density at radius 3 is 2.33 bits per heavy atom. The van der Waals surface area contributed by atoms with Gasteiger partial charge < -0.3 is 14.5 Å². The molecule has 0 aliphatic heterocycles. The third-order valence-electron chi connectivity index (χ3n) is 3.11. The smallest absolute Gasteiger partial charge is 0.343 e. The molecule has 0 bridgehead atoms. The number of carbonyl (C=O) groups is 2. The van der Waals surface area contributed by atoms with E-state index in [-0.39, 0.29) is 5.91 Å². The van der Waals surface area contributed by atoms with E-state index >= 15 is 0 Å². The van der Waals surface area contributed by atoms with Gasteiger partial charge in [0, 0.05) is 18.2 Å². The summed E-state index contributed by atoms with van der Waals surface area (Å²) in [6.07, 6.45) is 1.24. The van der Waals surface area contributed by atoms with Crippen LogP contribution in [0.3, 0.4) is 0 Å². The van der Waals surface area contributed by atoms with Crippen LogP contribution in [-0.2, 0) is 4.79 Å². The first kappa shape index (κ1) is 15.4. The number of benzene rings is 2. The SMILES string of the molecule is CC(=O)Nc1ccc(C(=O)Oc2ccc(-c3nnco3)cc2)cc1. The number of hydrogen-bond acceptors (Lipinski definition) is 6. The van der Waals surface area contributed by atoms with Crippen molar-refractivity contribution < 1.29 is 18.7 Å². The highest BCUT2D eigenvalue weighted by molar-refractivity contribution is 5.93. The number of ether oxygens (including phenoxy) is 1. The van der Waals surface area contributed by atoms with Gasteiger partial charge >= 0.3 is 5.97 Å². The number of nitrogens with zero attached hydrogens (tertiary/aromatic N) is 2. The van der Waals surface area contributed by atoms with Gasteiger partial charge in [-0.3, -0.25) is 4.79 Å². The Bertz CT molecular complexity index is 841. The van der Waals surface area contributed by atoms with Gasteiger partial charge in [-0.2, -0.15) is 0 Å². The Morgan fingerprint density at radius 1 is 1.04 bits per heavy atom. The molecule has 0 saturated carbocycles. The number of hydrogen-bond donors (Lipinski definition) is 1. The summed E-state index contributed by atoms with van der Waals surface area (Å²) < 4.78 is 10.4. The topological polar surface area (TPSA) is 94.3 Å². The van der Waals surface area contributed by atoms with E-state index in [4.69, 9.17) is 9.15 Å². The van der Waals surface area contributed by atoms with Crippen LogP contribution in [0.25, 0.3) is 11.5 Å². The first-order valence-corrected chi connectivity index (χ1v) is 7.08. The second kappa shape index (κ2) is 6.74. The van der Waals surface area contributed by atoms with E-state index in [0.717, 1.165) is 5.56 Å². The molecule has 1 aromatic heterocycles. The first-order valence-electron chi connectivity index (χ1n) is 7.08. The maximum atomic E-state index is 12.1. The summed E-state index contributed by atoms with van der Waals surface area (Å²) in [6.45, 7) is 1.42. The molecular formula is C17H13N3O4. The zero-order chi connectivity index (χ0) is 16.9. The van der Waals surface area contributed by atoms with Crippen molar-refractivity contribution in [2.75, 3.05) is 5.32 Å². The normalized spacial score (nSPS) is 10.2. The molecule has 0 atom stereocenters. The van der Waals surface area contributed by atoms with E-state index in [1.165, 1.54) is 13.3 Å². The molecule has 120 valence electrons. The van der Waals surface area contributed by atoms with Gasteiger partial charge in [-0.05, 0) is 48.5 Å². The van der Waals surface area contributed by atoms with Crippen LogP contribution in [0, 0.1) is 0 Å². The highest BCUT2D eigenvalue weighted by Gasteiger charge is 2.10. The third-order valence-corrected chi connectivity index (χ3v) is 3.11. The standard InChI is InChI=1S/C17H13N3O4/c1-11(21)19-14-6-2-13(3-7-14)17(22)24-15-8-4-12(5-9-15)16-20-18-10-23-16/h2-10H,1H3,(H,19,21). The molecule has 3 rings (SSSR count). The van der Waals surface area contributed by atoms with Gasteiger partial charge in [0.15, 0.2) is 0 Å². The number of nitrogens with one attached hydrogen (secondary N) is 1. The largest absolute Gasteiger partial charge is 0.423 e. The molecule has 0 fully saturated rings. The van der Waals surface area contributed by atoms with Crippen LogP contribution in [0.15, 0.2) is 59.3 Å². The highest BCUT2D eigenvalue weighted by atomic mass is 16.5. The second-order valence-electron chi connectivity index (χ2n) is 4.92. The number of rotatable bonds is 4. The van der Waals surface area contributed by atoms with Crippen molar-refractivity contribution in [3.63, 3.8) is 0 Å². The summed E-state index contributed by atoms with van der Waals surface area (Å²) in [5.74, 6) is 0.122. The second-order valence-corrected chi connectivity index (χ2v) is 4.92. The fraction of sp³-hybridized carbons (Fsp3) is 0.0588. The lowest BCUT2D eigenvalue weighted by Crippen LogP contribution is -2.09. The van der Waals surface area contributed by atoms with E-state index in [1.807, 2.05) is 0 Å². The molecule has 3 aromatic rings. The number of anilines is 1. The number of aromatic nitrogens is 2. The van der Waals surface area contributed by atoms with Gasteiger partial charge in [0.05, 0.1) is 5.56 Å². The Labute approximate surface area is 137 Å². The van der Waals surface area contributed by atoms with Crippen molar-refractivity contribution in [2.45, 2.75) is 6.92 Å². The fourth-order valence-corrected chi connectivity index (χ4v) is 2.02. The molecule has 0 unspecified atom stereocenters. The Balaban J connectivity index is 1.67. The molecule has 0 aliphatic rings. The van der Waals surface area contributed by atoms with Crippen molar-refractivity contribution in [2.24, 2.45) is 0 Å². The minimum atomic E-state index is -0.491. The van der Waals surface area contributed by atoms with Crippen LogP contribution in [0.2, 0.25) is 0 Å². The average Bonchev–Trinajstić information content (AvgIpc) is 3.10. The van der Waals surface area contributed by atoms with E-state index in [2.05, 4.69) is 15.5 Å². The predicted molar refractivity (Wildman–Crippen MR) is 85.4 cm³/mol. The molecule has 7 heteroatoms. The lowest BCUT2D eigenvalue weighted by molar-refractivity contribution is -0.114. The summed E-state index contributed by atoms with van der Waals surface area (Å²) in [4.78, 5) is 23.1. The quantitative estimate of drug-likeness (QED) is 0.586. The van der Waals surface area contributed by atoms with E-state index in [1.54, 1.807) is 48.5 Å². The lowest BCUT2D eigenvalue weighted by Gasteiger charge is -2.06. The third kappa shape index (κ3) is 3.64. The minimum Gasteiger partial charge on any atom is -0.423 e. The van der Waals surface area contributed by atoms with Crippen molar-refractivity contribution >= 4 is 17.6 Å². The molecule has 0 radical (unpaired) electrons. The molecule has 7 nitrogen and oxygen atoms in total. The van der Waals surface area contributed by atoms with Gasteiger partial charge in [0.25, 0.3) is 0 Å². The highest BCUT2D eigenvalue weighted by Crippen LogP contribution is 2.21. The molecule has 0 aliphatic carbocycles. The molecule has 2 aromatic carbocycles. The van der Waals surface area contributed by atoms with Crippen LogP contribution in [0.5, 0.6) is 5.75 Å². The molecular weight excluding hydrogens is 310 g/mol. The zero-order valence-electron chi connectivity index (χ0n) is 12.7. The van der Waals surface area contributed by atoms with Crippen LogP contribution >= 0.6 is 0 Å². The Hall–Kier alpha value is -3.48. The van der Waals surface area contributed by atoms with E-state index < -0.39 is 5.97 Å². The molecule has 24 heavy (non-hydrogen) atoms. The van der Waals surface area contributed by atoms with Gasteiger partial charge in [-0.1, -0.05) is 0 Å². The predicted octanol–water partition coefficient (Wildman–Crippen LogP) is 2.91. The zero-order valence-corrected chi connectivity index (χ0v) is 12.7. The van der Waals surface area contributed by atoms with Crippen LogP contribution in [0.4, 0.5) is 5.69 Å². The summed E-state index contributed by atoms with van der Waals surface area (Å²) in [5.41, 5.74) is 1.72. The minimum absolute atomic E-state index is 0.174. The van der Waals surface area contributed by atoms with Crippen LogP contribution in [-0.4, -0.2) is 22.1 Å². The Morgan fingerprint density at radius 2 is 1.75 bits per heavy atom. The molecule has 0 spiro atoms. The van der Waals surface area contributed by atoms with Gasteiger partial charge in [0.2, 0.25) is 18.2 Å². The van der Waals surface area contributed by atoms with Gasteiger partial charge in [0.1, 0.15) is 5.75 Å². The monoisotopic (exact) mass is 323 g/mol. The van der Waals surface area contributed by atoms with Crippen molar-refractivity contribution in [1.82, 2.24) is 10.2 Å². The van der Waals surface area contributed by atoms with Crippen molar-refractivity contribution in [1.29, 1.82) is 0 Å². The van der Waals surface area contributed by atoms with E-state index in [9.17, 15) is 9.59 Å². The summed E-state index contributed by atoms with van der Waals surface area (Å²) >= 11 is 0.